The van der Waals surface area contributed by atoms with E-state index < -0.39 is 40.8 Å². The zero-order valence-corrected chi connectivity index (χ0v) is 18.1. The molecule has 33 heavy (non-hydrogen) atoms. The lowest BCUT2D eigenvalue weighted by Gasteiger charge is -2.15. The lowest BCUT2D eigenvalue weighted by atomic mass is 10.2. The van der Waals surface area contributed by atoms with Crippen molar-refractivity contribution in [3.05, 3.63) is 86.8 Å². The Hall–Kier alpha value is -3.66. The number of alkyl halides is 3. The fourth-order valence-corrected chi connectivity index (χ4v) is 2.95. The monoisotopic (exact) mass is 479 g/mol. The third-order valence-electron chi connectivity index (χ3n) is 4.48. The molecule has 3 rings (SSSR count). The molecule has 0 fully saturated rings. The van der Waals surface area contributed by atoms with Crippen LogP contribution in [0.4, 0.5) is 18.9 Å². The number of anilines is 1. The van der Waals surface area contributed by atoms with E-state index in [0.29, 0.717) is 16.4 Å². The number of hydrogen-bond acceptors (Lipinski definition) is 5. The van der Waals surface area contributed by atoms with E-state index in [0.717, 1.165) is 18.2 Å². The molecule has 1 unspecified atom stereocenters. The molecule has 1 atom stereocenters. The van der Waals surface area contributed by atoms with Crippen molar-refractivity contribution in [3.8, 4) is 5.69 Å². The SMILES string of the molecule is Cc1cc(=O)c(C(=O)OC(C)C(=O)Nc2cccc(C(F)(F)F)c2)nn1-c1ccc(Cl)cc1. The minimum Gasteiger partial charge on any atom is -0.448 e. The number of aryl methyl sites for hydroxylation is 1. The number of ether oxygens (including phenoxy) is 1. The minimum atomic E-state index is -4.58. The van der Waals surface area contributed by atoms with Crippen LogP contribution in [0.5, 0.6) is 0 Å². The van der Waals surface area contributed by atoms with Gasteiger partial charge in [-0.3, -0.25) is 9.59 Å². The summed E-state index contributed by atoms with van der Waals surface area (Å²) in [6, 6.07) is 11.7. The van der Waals surface area contributed by atoms with E-state index in [4.69, 9.17) is 16.3 Å². The van der Waals surface area contributed by atoms with Gasteiger partial charge in [-0.1, -0.05) is 17.7 Å². The third-order valence-corrected chi connectivity index (χ3v) is 4.73. The number of nitrogens with zero attached hydrogens (tertiary/aromatic N) is 2. The molecule has 0 aliphatic heterocycles. The van der Waals surface area contributed by atoms with Crippen molar-refractivity contribution in [2.75, 3.05) is 5.32 Å². The Bertz CT molecular complexity index is 1260. The second-order valence-electron chi connectivity index (χ2n) is 7.00. The molecule has 172 valence electrons. The van der Waals surface area contributed by atoms with Gasteiger partial charge >= 0.3 is 12.1 Å². The number of aromatic nitrogens is 2. The van der Waals surface area contributed by atoms with E-state index in [-0.39, 0.29) is 5.69 Å². The molecule has 0 bridgehead atoms. The normalized spacial score (nSPS) is 12.2. The smallest absolute Gasteiger partial charge is 0.416 e. The quantitative estimate of drug-likeness (QED) is 0.548. The summed E-state index contributed by atoms with van der Waals surface area (Å²) in [5, 5.41) is 6.77. The van der Waals surface area contributed by atoms with Gasteiger partial charge in [0, 0.05) is 22.5 Å². The van der Waals surface area contributed by atoms with Gasteiger partial charge in [-0.05, 0) is 56.3 Å². The Balaban J connectivity index is 1.77. The average molecular weight is 480 g/mol. The summed E-state index contributed by atoms with van der Waals surface area (Å²) in [5.74, 6) is -2.04. The van der Waals surface area contributed by atoms with Gasteiger partial charge < -0.3 is 10.1 Å². The fourth-order valence-electron chi connectivity index (χ4n) is 2.82. The predicted molar refractivity (Wildman–Crippen MR) is 115 cm³/mol. The number of hydrogen-bond donors (Lipinski definition) is 1. The number of carbonyl (C=O) groups is 2. The van der Waals surface area contributed by atoms with Crippen molar-refractivity contribution in [2.24, 2.45) is 0 Å². The Labute approximate surface area is 190 Å². The van der Waals surface area contributed by atoms with E-state index in [9.17, 15) is 27.6 Å². The molecule has 0 spiro atoms. The second kappa shape index (κ2) is 9.45. The van der Waals surface area contributed by atoms with Gasteiger partial charge in [-0.2, -0.15) is 18.3 Å². The summed E-state index contributed by atoms with van der Waals surface area (Å²) in [7, 11) is 0. The third kappa shape index (κ3) is 5.78. The standard InChI is InChI=1S/C22H17ClF3N3O4/c1-12-10-18(30)19(28-29(12)17-8-6-15(23)7-9-17)21(32)33-13(2)20(31)27-16-5-3-4-14(11-16)22(24,25)26/h3-11,13H,1-2H3,(H,27,31). The van der Waals surface area contributed by atoms with Crippen LogP contribution in [0.2, 0.25) is 5.02 Å². The lowest BCUT2D eigenvalue weighted by Crippen LogP contribution is -2.32. The molecule has 0 aliphatic rings. The summed E-state index contributed by atoms with van der Waals surface area (Å²) >= 11 is 5.87. The molecule has 1 N–H and O–H groups in total. The van der Waals surface area contributed by atoms with Crippen LogP contribution < -0.4 is 10.7 Å². The highest BCUT2D eigenvalue weighted by molar-refractivity contribution is 6.30. The molecule has 0 aliphatic carbocycles. The zero-order valence-electron chi connectivity index (χ0n) is 17.3. The van der Waals surface area contributed by atoms with Crippen LogP contribution >= 0.6 is 11.6 Å². The molecule has 11 heteroatoms. The Morgan fingerprint density at radius 2 is 1.79 bits per heavy atom. The lowest BCUT2D eigenvalue weighted by molar-refractivity contribution is -0.137. The van der Waals surface area contributed by atoms with Crippen LogP contribution in [-0.2, 0) is 15.7 Å². The fraction of sp³-hybridized carbons (Fsp3) is 0.182. The van der Waals surface area contributed by atoms with E-state index in [1.165, 1.54) is 23.7 Å². The molecule has 2 aromatic carbocycles. The largest absolute Gasteiger partial charge is 0.448 e. The van der Waals surface area contributed by atoms with Crippen molar-refractivity contribution in [1.29, 1.82) is 0 Å². The maximum Gasteiger partial charge on any atom is 0.416 e. The van der Waals surface area contributed by atoms with Crippen LogP contribution in [0.3, 0.4) is 0 Å². The summed E-state index contributed by atoms with van der Waals surface area (Å²) in [6.07, 6.45) is -6.00. The summed E-state index contributed by atoms with van der Waals surface area (Å²) in [4.78, 5) is 37.1. The van der Waals surface area contributed by atoms with Gasteiger partial charge in [0.05, 0.1) is 11.3 Å². The van der Waals surface area contributed by atoms with Gasteiger partial charge in [-0.25, -0.2) is 9.48 Å². The molecule has 0 saturated heterocycles. The molecular formula is C22H17ClF3N3O4. The molecule has 3 aromatic rings. The van der Waals surface area contributed by atoms with Crippen LogP contribution in [0, 0.1) is 6.92 Å². The molecular weight excluding hydrogens is 463 g/mol. The highest BCUT2D eigenvalue weighted by Crippen LogP contribution is 2.30. The highest BCUT2D eigenvalue weighted by atomic mass is 35.5. The first-order valence-electron chi connectivity index (χ1n) is 9.52. The number of benzene rings is 2. The van der Waals surface area contributed by atoms with Crippen LogP contribution in [0.25, 0.3) is 5.69 Å². The van der Waals surface area contributed by atoms with E-state index in [2.05, 4.69) is 10.4 Å². The first-order chi connectivity index (χ1) is 15.5. The summed E-state index contributed by atoms with van der Waals surface area (Å²) in [5.41, 5.74) is -1.38. The maximum atomic E-state index is 12.8. The highest BCUT2D eigenvalue weighted by Gasteiger charge is 2.31. The first-order valence-corrected chi connectivity index (χ1v) is 9.89. The van der Waals surface area contributed by atoms with Gasteiger partial charge in [0.1, 0.15) is 0 Å². The zero-order chi connectivity index (χ0) is 24.3. The van der Waals surface area contributed by atoms with E-state index >= 15 is 0 Å². The van der Waals surface area contributed by atoms with Gasteiger partial charge in [0.2, 0.25) is 11.1 Å². The molecule has 0 radical (unpaired) electrons. The summed E-state index contributed by atoms with van der Waals surface area (Å²) < 4.78 is 44.9. The van der Waals surface area contributed by atoms with E-state index in [1.807, 2.05) is 0 Å². The molecule has 1 aromatic heterocycles. The van der Waals surface area contributed by atoms with Gasteiger partial charge in [-0.15, -0.1) is 0 Å². The van der Waals surface area contributed by atoms with Gasteiger partial charge in [0.15, 0.2) is 6.10 Å². The summed E-state index contributed by atoms with van der Waals surface area (Å²) in [6.45, 7) is 2.83. The topological polar surface area (TPSA) is 90.3 Å². The number of esters is 1. The number of carbonyl (C=O) groups excluding carboxylic acids is 2. The Kier molecular flexibility index (Phi) is 6.87. The number of rotatable bonds is 5. The molecule has 0 saturated carbocycles. The predicted octanol–water partition coefficient (Wildman–Crippen LogP) is 4.40. The van der Waals surface area contributed by atoms with Gasteiger partial charge in [0.25, 0.3) is 5.91 Å². The van der Waals surface area contributed by atoms with Crippen molar-refractivity contribution < 1.29 is 27.5 Å². The van der Waals surface area contributed by atoms with Crippen LogP contribution in [0.15, 0.2) is 59.4 Å². The van der Waals surface area contributed by atoms with Crippen molar-refractivity contribution in [1.82, 2.24) is 9.78 Å². The average Bonchev–Trinajstić information content (AvgIpc) is 2.74. The van der Waals surface area contributed by atoms with Crippen molar-refractivity contribution >= 4 is 29.2 Å². The van der Waals surface area contributed by atoms with Crippen molar-refractivity contribution in [3.63, 3.8) is 0 Å². The van der Waals surface area contributed by atoms with Crippen LogP contribution in [0.1, 0.15) is 28.7 Å². The molecule has 1 heterocycles. The second-order valence-corrected chi connectivity index (χ2v) is 7.44. The minimum absolute atomic E-state index is 0.128. The van der Waals surface area contributed by atoms with E-state index in [1.54, 1.807) is 31.2 Å². The first kappa shape index (κ1) is 24.0. The van der Waals surface area contributed by atoms with Crippen LogP contribution in [-0.4, -0.2) is 27.8 Å². The van der Waals surface area contributed by atoms with Crippen molar-refractivity contribution in [2.45, 2.75) is 26.1 Å². The molecule has 1 amide bonds. The number of amides is 1. The number of nitrogens with one attached hydrogen (secondary N) is 1. The Morgan fingerprint density at radius 1 is 1.12 bits per heavy atom. The molecule has 7 nitrogen and oxygen atoms in total. The maximum absolute atomic E-state index is 12.8. The Morgan fingerprint density at radius 3 is 2.42 bits per heavy atom. The number of halogens is 4.